The molecule has 16 heavy (non-hydrogen) atoms. The highest BCUT2D eigenvalue weighted by molar-refractivity contribution is 5.81. The van der Waals surface area contributed by atoms with Crippen LogP contribution in [0.3, 0.4) is 0 Å². The number of ether oxygens (including phenoxy) is 2. The monoisotopic (exact) mass is 222 g/mol. The predicted octanol–water partition coefficient (Wildman–Crippen LogP) is 1.54. The minimum Gasteiger partial charge on any atom is -0.497 e. The van der Waals surface area contributed by atoms with E-state index in [4.69, 9.17) is 4.74 Å². The van der Waals surface area contributed by atoms with Crippen LogP contribution >= 0.6 is 0 Å². The van der Waals surface area contributed by atoms with Gasteiger partial charge in [0, 0.05) is 6.42 Å². The van der Waals surface area contributed by atoms with E-state index in [1.54, 1.807) is 31.4 Å². The Morgan fingerprint density at radius 2 is 1.94 bits per heavy atom. The van der Waals surface area contributed by atoms with Crippen molar-refractivity contribution in [3.63, 3.8) is 0 Å². The highest BCUT2D eigenvalue weighted by Crippen LogP contribution is 2.22. The van der Waals surface area contributed by atoms with E-state index in [9.17, 15) is 9.59 Å². The third kappa shape index (κ3) is 2.82. The van der Waals surface area contributed by atoms with Gasteiger partial charge in [-0.1, -0.05) is 12.1 Å². The van der Waals surface area contributed by atoms with Crippen molar-refractivity contribution in [3.05, 3.63) is 29.8 Å². The molecule has 0 radical (unpaired) electrons. The number of hydrogen-bond donors (Lipinski definition) is 0. The fourth-order valence-corrected chi connectivity index (χ4v) is 1.44. The van der Waals surface area contributed by atoms with E-state index in [0.29, 0.717) is 12.0 Å². The van der Waals surface area contributed by atoms with Crippen LogP contribution in [0, 0.1) is 0 Å². The van der Waals surface area contributed by atoms with Gasteiger partial charge in [0.2, 0.25) is 0 Å². The predicted molar refractivity (Wildman–Crippen MR) is 58.4 cm³/mol. The van der Waals surface area contributed by atoms with E-state index in [2.05, 4.69) is 4.74 Å². The van der Waals surface area contributed by atoms with Crippen LogP contribution in [-0.4, -0.2) is 26.5 Å². The third-order valence-corrected chi connectivity index (χ3v) is 2.34. The van der Waals surface area contributed by atoms with Crippen LogP contribution in [0.4, 0.5) is 0 Å². The summed E-state index contributed by atoms with van der Waals surface area (Å²) in [4.78, 5) is 21.9. The molecule has 1 unspecified atom stereocenters. The Labute approximate surface area is 94.2 Å². The molecule has 86 valence electrons. The first-order valence-corrected chi connectivity index (χ1v) is 4.88. The number of carbonyl (C=O) groups is 2. The van der Waals surface area contributed by atoms with Gasteiger partial charge in [-0.05, 0) is 17.7 Å². The summed E-state index contributed by atoms with van der Waals surface area (Å²) in [5.41, 5.74) is 0.750. The van der Waals surface area contributed by atoms with Gasteiger partial charge in [-0.2, -0.15) is 0 Å². The molecule has 4 nitrogen and oxygen atoms in total. The highest BCUT2D eigenvalue weighted by atomic mass is 16.5. The second-order valence-corrected chi connectivity index (χ2v) is 3.25. The SMILES string of the molecule is COC(=O)C(CC=O)c1ccc(OC)cc1. The fraction of sp³-hybridized carbons (Fsp3) is 0.333. The van der Waals surface area contributed by atoms with Crippen molar-refractivity contribution in [1.29, 1.82) is 0 Å². The molecule has 0 N–H and O–H groups in total. The van der Waals surface area contributed by atoms with Gasteiger partial charge in [0.1, 0.15) is 12.0 Å². The molecule has 0 bridgehead atoms. The van der Waals surface area contributed by atoms with E-state index in [1.165, 1.54) is 7.11 Å². The van der Waals surface area contributed by atoms with E-state index >= 15 is 0 Å². The van der Waals surface area contributed by atoms with Crippen molar-refractivity contribution in [2.24, 2.45) is 0 Å². The summed E-state index contributed by atoms with van der Waals surface area (Å²) < 4.78 is 9.66. The zero-order valence-electron chi connectivity index (χ0n) is 9.30. The number of carbonyl (C=O) groups excluding carboxylic acids is 2. The summed E-state index contributed by atoms with van der Waals surface area (Å²) in [6.45, 7) is 0. The molecule has 0 saturated carbocycles. The number of rotatable bonds is 5. The van der Waals surface area contributed by atoms with Crippen LogP contribution in [0.5, 0.6) is 5.75 Å². The standard InChI is InChI=1S/C12H14O4/c1-15-10-5-3-9(4-6-10)11(7-8-13)12(14)16-2/h3-6,8,11H,7H2,1-2H3. The van der Waals surface area contributed by atoms with Crippen LogP contribution in [0.1, 0.15) is 17.9 Å². The smallest absolute Gasteiger partial charge is 0.313 e. The van der Waals surface area contributed by atoms with E-state index in [1.807, 2.05) is 0 Å². The second kappa shape index (κ2) is 5.90. The van der Waals surface area contributed by atoms with Gasteiger partial charge in [-0.15, -0.1) is 0 Å². The molecule has 1 aromatic rings. The summed E-state index contributed by atoms with van der Waals surface area (Å²) in [6.07, 6.45) is 0.838. The van der Waals surface area contributed by atoms with Crippen molar-refractivity contribution >= 4 is 12.3 Å². The molecule has 4 heteroatoms. The van der Waals surface area contributed by atoms with Gasteiger partial charge in [0.05, 0.1) is 20.1 Å². The second-order valence-electron chi connectivity index (χ2n) is 3.25. The Hall–Kier alpha value is -1.84. The maximum atomic E-state index is 11.4. The molecule has 0 fully saturated rings. The van der Waals surface area contributed by atoms with Crippen molar-refractivity contribution in [2.45, 2.75) is 12.3 Å². The van der Waals surface area contributed by atoms with Crippen molar-refractivity contribution in [3.8, 4) is 5.75 Å². The maximum absolute atomic E-state index is 11.4. The molecule has 0 saturated heterocycles. The largest absolute Gasteiger partial charge is 0.497 e. The molecule has 1 atom stereocenters. The van der Waals surface area contributed by atoms with Crippen molar-refractivity contribution in [1.82, 2.24) is 0 Å². The quantitative estimate of drug-likeness (QED) is 0.560. The maximum Gasteiger partial charge on any atom is 0.313 e. The van der Waals surface area contributed by atoms with Crippen LogP contribution < -0.4 is 4.74 Å². The average molecular weight is 222 g/mol. The van der Waals surface area contributed by atoms with Crippen LogP contribution in [-0.2, 0) is 14.3 Å². The summed E-state index contributed by atoms with van der Waals surface area (Å²) >= 11 is 0. The highest BCUT2D eigenvalue weighted by Gasteiger charge is 2.20. The average Bonchev–Trinajstić information content (AvgIpc) is 2.35. The first-order chi connectivity index (χ1) is 7.72. The molecule has 0 amide bonds. The third-order valence-electron chi connectivity index (χ3n) is 2.34. The summed E-state index contributed by atoms with van der Waals surface area (Å²) in [7, 11) is 2.88. The zero-order valence-corrected chi connectivity index (χ0v) is 9.30. The zero-order chi connectivity index (χ0) is 12.0. The van der Waals surface area contributed by atoms with Crippen LogP contribution in [0.25, 0.3) is 0 Å². The van der Waals surface area contributed by atoms with E-state index in [0.717, 1.165) is 5.56 Å². The number of aldehydes is 1. The number of benzene rings is 1. The van der Waals surface area contributed by atoms with Gasteiger partial charge in [0.25, 0.3) is 0 Å². The lowest BCUT2D eigenvalue weighted by molar-refractivity contribution is -0.143. The topological polar surface area (TPSA) is 52.6 Å². The molecule has 1 aromatic carbocycles. The van der Waals surface area contributed by atoms with Gasteiger partial charge >= 0.3 is 5.97 Å². The summed E-state index contributed by atoms with van der Waals surface area (Å²) in [6, 6.07) is 7.00. The number of esters is 1. The minimum absolute atomic E-state index is 0.124. The summed E-state index contributed by atoms with van der Waals surface area (Å²) in [5.74, 6) is -0.232. The molecule has 0 aliphatic carbocycles. The molecule has 1 rings (SSSR count). The van der Waals surface area contributed by atoms with Gasteiger partial charge in [0.15, 0.2) is 0 Å². The van der Waals surface area contributed by atoms with Crippen molar-refractivity contribution in [2.75, 3.05) is 14.2 Å². The molecular formula is C12H14O4. The fourth-order valence-electron chi connectivity index (χ4n) is 1.44. The Bertz CT molecular complexity index is 356. The lowest BCUT2D eigenvalue weighted by Crippen LogP contribution is -2.14. The van der Waals surface area contributed by atoms with Gasteiger partial charge < -0.3 is 14.3 Å². The number of methoxy groups -OCH3 is 2. The molecule has 0 aromatic heterocycles. The Balaban J connectivity index is 2.91. The van der Waals surface area contributed by atoms with Gasteiger partial charge in [-0.25, -0.2) is 0 Å². The van der Waals surface area contributed by atoms with Crippen LogP contribution in [0.2, 0.25) is 0 Å². The molecule has 0 aliphatic rings. The van der Waals surface area contributed by atoms with Crippen LogP contribution in [0.15, 0.2) is 24.3 Å². The molecular weight excluding hydrogens is 208 g/mol. The lowest BCUT2D eigenvalue weighted by Gasteiger charge is -2.12. The summed E-state index contributed by atoms with van der Waals surface area (Å²) in [5, 5.41) is 0. The Kier molecular flexibility index (Phi) is 4.51. The van der Waals surface area contributed by atoms with Crippen molar-refractivity contribution < 1.29 is 19.1 Å². The lowest BCUT2D eigenvalue weighted by atomic mass is 9.96. The molecule has 0 aliphatic heterocycles. The van der Waals surface area contributed by atoms with E-state index in [-0.39, 0.29) is 6.42 Å². The Morgan fingerprint density at radius 1 is 1.31 bits per heavy atom. The normalized spacial score (nSPS) is 11.6. The first-order valence-electron chi connectivity index (χ1n) is 4.88. The van der Waals surface area contributed by atoms with E-state index < -0.39 is 11.9 Å². The number of hydrogen-bond acceptors (Lipinski definition) is 4. The molecule has 0 heterocycles. The molecule has 0 spiro atoms. The Morgan fingerprint density at radius 3 is 2.38 bits per heavy atom. The van der Waals surface area contributed by atoms with Gasteiger partial charge in [-0.3, -0.25) is 4.79 Å². The first kappa shape index (κ1) is 12.2. The minimum atomic E-state index is -0.534.